The molecule has 0 aromatic heterocycles. The van der Waals surface area contributed by atoms with Crippen molar-refractivity contribution < 1.29 is 42.0 Å². The molecule has 3 rings (SSSR count). The summed E-state index contributed by atoms with van der Waals surface area (Å²) in [4.78, 5) is 11.4. The van der Waals surface area contributed by atoms with Crippen molar-refractivity contribution in [1.82, 2.24) is 0 Å². The van der Waals surface area contributed by atoms with Crippen molar-refractivity contribution >= 4 is 15.6 Å². The van der Waals surface area contributed by atoms with Crippen LogP contribution in [0.4, 0.5) is 0 Å². The molecule has 2 aromatic carbocycles. The fourth-order valence-electron chi connectivity index (χ4n) is 4.13. The van der Waals surface area contributed by atoms with E-state index in [4.69, 9.17) is 23.7 Å². The monoisotopic (exact) mass is 508 g/mol. The van der Waals surface area contributed by atoms with Crippen LogP contribution >= 0.6 is 0 Å². The van der Waals surface area contributed by atoms with Gasteiger partial charge in [-0.15, -0.1) is 0 Å². The van der Waals surface area contributed by atoms with Crippen LogP contribution in [0, 0.1) is 0 Å². The number of carbonyl (C=O) groups excluding carboxylic acids is 1. The highest BCUT2D eigenvalue weighted by Gasteiger charge is 2.32. The molecule has 0 radical (unpaired) electrons. The third-order valence-corrected chi connectivity index (χ3v) is 7.45. The lowest BCUT2D eigenvalue weighted by molar-refractivity contribution is -0.114. The molecule has 9 nitrogen and oxygen atoms in total. The summed E-state index contributed by atoms with van der Waals surface area (Å²) in [6.07, 6.45) is 1.06. The van der Waals surface area contributed by atoms with Crippen LogP contribution in [0.2, 0.25) is 0 Å². The van der Waals surface area contributed by atoms with Crippen LogP contribution < -0.4 is 18.9 Å². The van der Waals surface area contributed by atoms with E-state index in [2.05, 4.69) is 0 Å². The number of sulfone groups is 1. The van der Waals surface area contributed by atoms with Gasteiger partial charge in [-0.05, 0) is 61.6 Å². The normalized spacial score (nSPS) is 17.7. The molecule has 0 unspecified atom stereocenters. The topological polar surface area (TPSA) is 118 Å². The predicted molar refractivity (Wildman–Crippen MR) is 129 cm³/mol. The number of phenols is 1. The quantitative estimate of drug-likeness (QED) is 0.477. The Labute approximate surface area is 205 Å². The maximum Gasteiger partial charge on any atom is 0.203 e. The van der Waals surface area contributed by atoms with E-state index in [1.165, 1.54) is 40.4 Å². The van der Waals surface area contributed by atoms with Gasteiger partial charge < -0.3 is 28.8 Å². The number of ether oxygens (including phenoxy) is 5. The van der Waals surface area contributed by atoms with E-state index in [-0.39, 0.29) is 29.1 Å². The number of aromatic hydroxyl groups is 1. The Bertz CT molecular complexity index is 1150. The van der Waals surface area contributed by atoms with Crippen molar-refractivity contribution in [3.05, 3.63) is 35.4 Å². The number of benzene rings is 2. The maximum atomic E-state index is 12.9. The Morgan fingerprint density at radius 3 is 2.03 bits per heavy atom. The summed E-state index contributed by atoms with van der Waals surface area (Å²) in [6.45, 7) is 3.29. The zero-order valence-electron chi connectivity index (χ0n) is 20.6. The van der Waals surface area contributed by atoms with Crippen molar-refractivity contribution in [2.45, 2.75) is 50.2 Å². The first kappa shape index (κ1) is 26.6. The van der Waals surface area contributed by atoms with Crippen LogP contribution in [0.15, 0.2) is 29.2 Å². The van der Waals surface area contributed by atoms with Gasteiger partial charge in [0.1, 0.15) is 16.4 Å². The van der Waals surface area contributed by atoms with Crippen LogP contribution in [-0.2, 0) is 19.4 Å². The van der Waals surface area contributed by atoms with Gasteiger partial charge in [0, 0.05) is 0 Å². The number of carbonyl (C=O) groups is 1. The molecular formula is C25H32O9S. The SMILES string of the molecule is CCCOc1c(O)cc([C@@H]2CC[C@@H](c3cc(OC)c(OC)c(OC)c3)O2)cc1S(=O)(=O)CC(C)=O. The largest absolute Gasteiger partial charge is 0.504 e. The molecule has 1 saturated heterocycles. The van der Waals surface area contributed by atoms with E-state index in [1.807, 2.05) is 19.1 Å². The van der Waals surface area contributed by atoms with Gasteiger partial charge in [-0.25, -0.2) is 8.42 Å². The van der Waals surface area contributed by atoms with Gasteiger partial charge in [-0.1, -0.05) is 6.92 Å². The first-order valence-corrected chi connectivity index (χ1v) is 13.0. The number of ketones is 1. The number of hydrogen-bond acceptors (Lipinski definition) is 9. The lowest BCUT2D eigenvalue weighted by Gasteiger charge is -2.20. The molecule has 0 spiro atoms. The van der Waals surface area contributed by atoms with Crippen LogP contribution in [0.3, 0.4) is 0 Å². The average molecular weight is 509 g/mol. The molecule has 2 atom stereocenters. The van der Waals surface area contributed by atoms with Crippen LogP contribution in [-0.4, -0.2) is 53.0 Å². The third-order valence-electron chi connectivity index (χ3n) is 5.69. The number of methoxy groups -OCH3 is 3. The van der Waals surface area contributed by atoms with Crippen LogP contribution in [0.5, 0.6) is 28.7 Å². The van der Waals surface area contributed by atoms with Gasteiger partial charge in [-0.3, -0.25) is 4.79 Å². The smallest absolute Gasteiger partial charge is 0.203 e. The summed E-state index contributed by atoms with van der Waals surface area (Å²) in [6, 6.07) is 6.53. The number of rotatable bonds is 11. The molecule has 0 bridgehead atoms. The fourth-order valence-corrected chi connectivity index (χ4v) is 5.59. The summed E-state index contributed by atoms with van der Waals surface area (Å²) in [5.74, 6) is -0.160. The minimum Gasteiger partial charge on any atom is -0.504 e. The predicted octanol–water partition coefficient (Wildman–Crippen LogP) is 4.16. The van der Waals surface area contributed by atoms with E-state index < -0.39 is 27.5 Å². The Morgan fingerprint density at radius 1 is 0.971 bits per heavy atom. The van der Waals surface area contributed by atoms with Gasteiger partial charge in [0.05, 0.1) is 40.1 Å². The first-order chi connectivity index (χ1) is 16.6. The molecule has 0 amide bonds. The number of phenolic OH excluding ortho intramolecular Hbond substituents is 1. The lowest BCUT2D eigenvalue weighted by atomic mass is 10.0. The van der Waals surface area contributed by atoms with Crippen LogP contribution in [0.25, 0.3) is 0 Å². The Hall–Kier alpha value is -2.98. The average Bonchev–Trinajstić information content (AvgIpc) is 3.31. The molecule has 1 heterocycles. The molecule has 1 N–H and O–H groups in total. The minimum atomic E-state index is -4.02. The Kier molecular flexibility index (Phi) is 8.50. The second-order valence-electron chi connectivity index (χ2n) is 8.33. The standard InChI is InChI=1S/C25H32O9S/c1-6-9-33-24-18(27)10-16(13-23(24)35(28,29)14-15(2)26)19-7-8-20(34-19)17-11-21(30-3)25(32-5)22(12-17)31-4/h10-13,19-20,27H,6-9,14H2,1-5H3/t19-,20-/m0/s1. The maximum absolute atomic E-state index is 12.9. The van der Waals surface area contributed by atoms with E-state index in [9.17, 15) is 18.3 Å². The zero-order valence-corrected chi connectivity index (χ0v) is 21.4. The molecule has 192 valence electrons. The first-order valence-electron chi connectivity index (χ1n) is 11.3. The summed E-state index contributed by atoms with van der Waals surface area (Å²) in [5, 5.41) is 10.7. The van der Waals surface area contributed by atoms with Crippen molar-refractivity contribution in [1.29, 1.82) is 0 Å². The van der Waals surface area contributed by atoms with Crippen molar-refractivity contribution in [3.8, 4) is 28.7 Å². The highest BCUT2D eigenvalue weighted by Crippen LogP contribution is 2.47. The molecule has 0 saturated carbocycles. The number of hydrogen-bond donors (Lipinski definition) is 1. The van der Waals surface area contributed by atoms with E-state index in [1.54, 1.807) is 0 Å². The van der Waals surface area contributed by atoms with E-state index in [0.29, 0.717) is 42.1 Å². The summed E-state index contributed by atoms with van der Waals surface area (Å²) in [5.41, 5.74) is 1.31. The molecular weight excluding hydrogens is 476 g/mol. The molecule has 1 fully saturated rings. The highest BCUT2D eigenvalue weighted by molar-refractivity contribution is 7.92. The molecule has 1 aliphatic rings. The zero-order chi connectivity index (χ0) is 25.8. The Balaban J connectivity index is 1.96. The van der Waals surface area contributed by atoms with Crippen molar-refractivity contribution in [2.24, 2.45) is 0 Å². The van der Waals surface area contributed by atoms with Crippen molar-refractivity contribution in [2.75, 3.05) is 33.7 Å². The van der Waals surface area contributed by atoms with Gasteiger partial charge >= 0.3 is 0 Å². The van der Waals surface area contributed by atoms with Gasteiger partial charge in [-0.2, -0.15) is 0 Å². The van der Waals surface area contributed by atoms with Gasteiger partial charge in [0.2, 0.25) is 5.75 Å². The summed E-state index contributed by atoms with van der Waals surface area (Å²) < 4.78 is 53.9. The molecule has 35 heavy (non-hydrogen) atoms. The minimum absolute atomic E-state index is 0.143. The van der Waals surface area contributed by atoms with Gasteiger partial charge in [0.25, 0.3) is 0 Å². The summed E-state index contributed by atoms with van der Waals surface area (Å²) >= 11 is 0. The highest BCUT2D eigenvalue weighted by atomic mass is 32.2. The molecule has 2 aromatic rings. The van der Waals surface area contributed by atoms with E-state index >= 15 is 0 Å². The fraction of sp³-hybridized carbons (Fsp3) is 0.480. The van der Waals surface area contributed by atoms with E-state index in [0.717, 1.165) is 5.56 Å². The van der Waals surface area contributed by atoms with Crippen molar-refractivity contribution in [3.63, 3.8) is 0 Å². The second-order valence-corrected chi connectivity index (χ2v) is 10.3. The van der Waals surface area contributed by atoms with Crippen LogP contribution in [0.1, 0.15) is 56.4 Å². The molecule has 1 aliphatic heterocycles. The molecule has 10 heteroatoms. The third kappa shape index (κ3) is 5.82. The molecule has 0 aliphatic carbocycles. The number of Topliss-reactive ketones (excluding diaryl/α,β-unsaturated/α-hetero) is 1. The Morgan fingerprint density at radius 2 is 1.54 bits per heavy atom. The second kappa shape index (κ2) is 11.2. The lowest BCUT2D eigenvalue weighted by Crippen LogP contribution is -2.16. The van der Waals surface area contributed by atoms with Gasteiger partial charge in [0.15, 0.2) is 32.8 Å². The summed E-state index contributed by atoms with van der Waals surface area (Å²) in [7, 11) is 0.575.